The van der Waals surface area contributed by atoms with Crippen molar-refractivity contribution in [3.05, 3.63) is 72.1 Å². The monoisotopic (exact) mass is 224 g/mol. The Morgan fingerprint density at radius 1 is 1.12 bits per heavy atom. The van der Waals surface area contributed by atoms with Gasteiger partial charge in [0.2, 0.25) is 0 Å². The first kappa shape index (κ1) is 11.4. The standard InChI is InChI=1S/C15H14NO/c1-11-6-8-14(9-7-11)16-15(17)13-5-3-4-12(2)10-13/h3-10H,2H2,1H3,(H,16,17). The number of rotatable bonds is 2. The first-order chi connectivity index (χ1) is 8.15. The van der Waals surface area contributed by atoms with E-state index in [1.807, 2.05) is 43.3 Å². The zero-order valence-corrected chi connectivity index (χ0v) is 9.73. The molecule has 2 nitrogen and oxygen atoms in total. The molecule has 0 bridgehead atoms. The summed E-state index contributed by atoms with van der Waals surface area (Å²) in [4.78, 5) is 11.9. The molecule has 1 N–H and O–H groups in total. The molecule has 1 radical (unpaired) electrons. The largest absolute Gasteiger partial charge is 0.322 e. The van der Waals surface area contributed by atoms with Gasteiger partial charge >= 0.3 is 0 Å². The molecule has 0 saturated carbocycles. The number of hydrogen-bond donors (Lipinski definition) is 1. The van der Waals surface area contributed by atoms with Crippen molar-refractivity contribution < 1.29 is 4.79 Å². The quantitative estimate of drug-likeness (QED) is 0.832. The van der Waals surface area contributed by atoms with Gasteiger partial charge in [0, 0.05) is 11.3 Å². The molecule has 0 aliphatic heterocycles. The predicted octanol–water partition coefficient (Wildman–Crippen LogP) is 3.43. The molecule has 2 aromatic rings. The Balaban J connectivity index is 2.14. The maximum Gasteiger partial charge on any atom is 0.255 e. The van der Waals surface area contributed by atoms with Crippen LogP contribution in [0.5, 0.6) is 0 Å². The molecule has 17 heavy (non-hydrogen) atoms. The summed E-state index contributed by atoms with van der Waals surface area (Å²) in [5.74, 6) is -0.112. The molecule has 2 aromatic carbocycles. The SMILES string of the molecule is [CH2]c1cccc(C(=O)Nc2ccc(C)cc2)c1. The van der Waals surface area contributed by atoms with Crippen molar-refractivity contribution in [2.24, 2.45) is 0 Å². The summed E-state index contributed by atoms with van der Waals surface area (Å²) in [5.41, 5.74) is 3.43. The topological polar surface area (TPSA) is 29.1 Å². The van der Waals surface area contributed by atoms with Crippen LogP contribution in [-0.4, -0.2) is 5.91 Å². The maximum atomic E-state index is 11.9. The van der Waals surface area contributed by atoms with E-state index in [9.17, 15) is 4.79 Å². The van der Waals surface area contributed by atoms with Crippen molar-refractivity contribution >= 4 is 11.6 Å². The third-order valence-corrected chi connectivity index (χ3v) is 2.50. The minimum absolute atomic E-state index is 0.112. The average molecular weight is 224 g/mol. The van der Waals surface area contributed by atoms with Gasteiger partial charge in [0.1, 0.15) is 0 Å². The van der Waals surface area contributed by atoms with Crippen LogP contribution in [0.3, 0.4) is 0 Å². The lowest BCUT2D eigenvalue weighted by atomic mass is 10.1. The second-order valence-electron chi connectivity index (χ2n) is 4.02. The van der Waals surface area contributed by atoms with Gasteiger partial charge < -0.3 is 5.32 Å². The third kappa shape index (κ3) is 2.94. The minimum Gasteiger partial charge on any atom is -0.322 e. The number of aryl methyl sites for hydroxylation is 1. The lowest BCUT2D eigenvalue weighted by Gasteiger charge is -2.06. The van der Waals surface area contributed by atoms with E-state index in [-0.39, 0.29) is 5.91 Å². The van der Waals surface area contributed by atoms with Gasteiger partial charge in [-0.25, -0.2) is 0 Å². The highest BCUT2D eigenvalue weighted by Crippen LogP contribution is 2.11. The summed E-state index contributed by atoms with van der Waals surface area (Å²) in [5, 5.41) is 2.85. The van der Waals surface area contributed by atoms with Crippen molar-refractivity contribution in [3.63, 3.8) is 0 Å². The summed E-state index contributed by atoms with van der Waals surface area (Å²) in [6.45, 7) is 5.81. The van der Waals surface area contributed by atoms with Gasteiger partial charge in [0.25, 0.3) is 5.91 Å². The fourth-order valence-corrected chi connectivity index (χ4v) is 1.55. The van der Waals surface area contributed by atoms with Crippen molar-refractivity contribution in [2.45, 2.75) is 6.92 Å². The summed E-state index contributed by atoms with van der Waals surface area (Å²) in [6, 6.07) is 14.9. The Labute approximate surface area is 101 Å². The van der Waals surface area contributed by atoms with Crippen molar-refractivity contribution in [2.75, 3.05) is 5.32 Å². The molecule has 0 aliphatic rings. The summed E-state index contributed by atoms with van der Waals surface area (Å²) in [7, 11) is 0. The second kappa shape index (κ2) is 4.83. The molecular weight excluding hydrogens is 210 g/mol. The Morgan fingerprint density at radius 2 is 1.82 bits per heavy atom. The zero-order valence-electron chi connectivity index (χ0n) is 9.73. The van der Waals surface area contributed by atoms with E-state index in [2.05, 4.69) is 12.2 Å². The van der Waals surface area contributed by atoms with Crippen LogP contribution in [0.25, 0.3) is 0 Å². The smallest absolute Gasteiger partial charge is 0.255 e. The van der Waals surface area contributed by atoms with Crippen LogP contribution in [0, 0.1) is 13.8 Å². The molecule has 0 aromatic heterocycles. The molecule has 0 atom stereocenters. The normalized spacial score (nSPS) is 10.0. The van der Waals surface area contributed by atoms with Gasteiger partial charge in [-0.3, -0.25) is 4.79 Å². The number of nitrogens with one attached hydrogen (secondary N) is 1. The Kier molecular flexibility index (Phi) is 3.24. The van der Waals surface area contributed by atoms with E-state index in [1.54, 1.807) is 12.1 Å². The summed E-state index contributed by atoms with van der Waals surface area (Å²) >= 11 is 0. The highest BCUT2D eigenvalue weighted by molar-refractivity contribution is 6.04. The van der Waals surface area contributed by atoms with Crippen LogP contribution >= 0.6 is 0 Å². The number of carbonyl (C=O) groups is 1. The second-order valence-corrected chi connectivity index (χ2v) is 4.02. The van der Waals surface area contributed by atoms with E-state index in [1.165, 1.54) is 5.56 Å². The maximum absolute atomic E-state index is 11.9. The van der Waals surface area contributed by atoms with E-state index < -0.39 is 0 Å². The molecule has 0 fully saturated rings. The van der Waals surface area contributed by atoms with Gasteiger partial charge in [0.15, 0.2) is 0 Å². The first-order valence-corrected chi connectivity index (χ1v) is 5.45. The fourth-order valence-electron chi connectivity index (χ4n) is 1.55. The highest BCUT2D eigenvalue weighted by Gasteiger charge is 2.05. The van der Waals surface area contributed by atoms with Gasteiger partial charge in [0.05, 0.1) is 0 Å². The highest BCUT2D eigenvalue weighted by atomic mass is 16.1. The Hall–Kier alpha value is -2.09. The molecule has 0 spiro atoms. The molecular formula is C15H14NO. The number of benzene rings is 2. The fraction of sp³-hybridized carbons (Fsp3) is 0.0667. The van der Waals surface area contributed by atoms with Gasteiger partial charge in [-0.1, -0.05) is 29.8 Å². The van der Waals surface area contributed by atoms with Gasteiger partial charge in [-0.2, -0.15) is 0 Å². The molecule has 0 aliphatic carbocycles. The van der Waals surface area contributed by atoms with Crippen molar-refractivity contribution in [3.8, 4) is 0 Å². The van der Waals surface area contributed by atoms with Crippen LogP contribution in [-0.2, 0) is 0 Å². The third-order valence-electron chi connectivity index (χ3n) is 2.50. The summed E-state index contributed by atoms with van der Waals surface area (Å²) in [6.07, 6.45) is 0. The van der Waals surface area contributed by atoms with E-state index in [0.717, 1.165) is 11.3 Å². The summed E-state index contributed by atoms with van der Waals surface area (Å²) < 4.78 is 0. The number of anilines is 1. The lowest BCUT2D eigenvalue weighted by molar-refractivity contribution is 0.102. The molecule has 1 amide bonds. The molecule has 85 valence electrons. The predicted molar refractivity (Wildman–Crippen MR) is 70.0 cm³/mol. The van der Waals surface area contributed by atoms with Crippen LogP contribution in [0.4, 0.5) is 5.69 Å². The van der Waals surface area contributed by atoms with Gasteiger partial charge in [-0.15, -0.1) is 0 Å². The Morgan fingerprint density at radius 3 is 2.47 bits per heavy atom. The van der Waals surface area contributed by atoms with Crippen LogP contribution in [0.2, 0.25) is 0 Å². The number of hydrogen-bond acceptors (Lipinski definition) is 1. The first-order valence-electron chi connectivity index (χ1n) is 5.45. The minimum atomic E-state index is -0.112. The van der Waals surface area contributed by atoms with Gasteiger partial charge in [-0.05, 0) is 43.7 Å². The molecule has 2 rings (SSSR count). The Bertz CT molecular complexity index is 529. The van der Waals surface area contributed by atoms with Crippen LogP contribution < -0.4 is 5.32 Å². The molecule has 0 unspecified atom stereocenters. The van der Waals surface area contributed by atoms with Crippen molar-refractivity contribution in [1.82, 2.24) is 0 Å². The molecule has 0 heterocycles. The number of carbonyl (C=O) groups excluding carboxylic acids is 1. The lowest BCUT2D eigenvalue weighted by Crippen LogP contribution is -2.11. The molecule has 2 heteroatoms. The van der Waals surface area contributed by atoms with E-state index in [4.69, 9.17) is 0 Å². The van der Waals surface area contributed by atoms with Crippen molar-refractivity contribution in [1.29, 1.82) is 0 Å². The zero-order chi connectivity index (χ0) is 12.3. The molecule has 0 saturated heterocycles. The average Bonchev–Trinajstić information content (AvgIpc) is 2.32. The van der Waals surface area contributed by atoms with Crippen LogP contribution in [0.15, 0.2) is 48.5 Å². The van der Waals surface area contributed by atoms with Crippen LogP contribution in [0.1, 0.15) is 21.5 Å². The number of amides is 1. The van der Waals surface area contributed by atoms with E-state index >= 15 is 0 Å². The van der Waals surface area contributed by atoms with E-state index in [0.29, 0.717) is 5.56 Å².